The second kappa shape index (κ2) is 10.2. The molecule has 1 heterocycles. The van der Waals surface area contributed by atoms with E-state index >= 15 is 0 Å². The van der Waals surface area contributed by atoms with E-state index in [0.717, 1.165) is 22.6 Å². The molecule has 0 fully saturated rings. The maximum atomic E-state index is 12.6. The first-order valence-electron chi connectivity index (χ1n) is 10.6. The number of carbonyl (C=O) groups is 1. The number of benzene rings is 3. The zero-order valence-electron chi connectivity index (χ0n) is 18.4. The highest BCUT2D eigenvalue weighted by molar-refractivity contribution is 6.37. The van der Waals surface area contributed by atoms with Crippen molar-refractivity contribution in [1.82, 2.24) is 15.1 Å². The van der Waals surface area contributed by atoms with Gasteiger partial charge in [0.05, 0.1) is 22.0 Å². The lowest BCUT2D eigenvalue weighted by molar-refractivity contribution is 0.102. The van der Waals surface area contributed by atoms with Gasteiger partial charge < -0.3 is 10.6 Å². The van der Waals surface area contributed by atoms with Crippen molar-refractivity contribution in [2.24, 2.45) is 0 Å². The van der Waals surface area contributed by atoms with Gasteiger partial charge in [-0.2, -0.15) is 5.10 Å². The number of aryl methyl sites for hydroxylation is 1. The van der Waals surface area contributed by atoms with Gasteiger partial charge in [-0.1, -0.05) is 53.5 Å². The van der Waals surface area contributed by atoms with Crippen LogP contribution < -0.4 is 10.6 Å². The van der Waals surface area contributed by atoms with Crippen molar-refractivity contribution in [3.05, 3.63) is 111 Å². The molecule has 0 atom stereocenters. The van der Waals surface area contributed by atoms with E-state index < -0.39 is 0 Å². The zero-order chi connectivity index (χ0) is 23.4. The Hall–Kier alpha value is -3.12. The van der Waals surface area contributed by atoms with Crippen LogP contribution in [0.25, 0.3) is 5.69 Å². The Bertz CT molecular complexity index is 1280. The number of rotatable bonds is 7. The third-order valence-electron chi connectivity index (χ3n) is 5.43. The molecule has 1 amide bonds. The van der Waals surface area contributed by atoms with Crippen LogP contribution in [-0.4, -0.2) is 15.7 Å². The standard InChI is InChI=1S/C26H24Cl2N4O/c1-17-24(18(2)32(31-17)22-9-4-3-5-10-22)16-29-15-19-7-6-8-21(13-19)30-26(33)23-12-11-20(27)14-25(23)28/h3-14,29H,15-16H2,1-2H3,(H,30,33). The van der Waals surface area contributed by atoms with Crippen LogP contribution in [0, 0.1) is 13.8 Å². The van der Waals surface area contributed by atoms with E-state index in [9.17, 15) is 4.79 Å². The summed E-state index contributed by atoms with van der Waals surface area (Å²) < 4.78 is 1.98. The first-order valence-corrected chi connectivity index (χ1v) is 11.3. The van der Waals surface area contributed by atoms with Crippen LogP contribution in [0.1, 0.15) is 32.9 Å². The van der Waals surface area contributed by atoms with Gasteiger partial charge in [0.25, 0.3) is 5.91 Å². The monoisotopic (exact) mass is 478 g/mol. The summed E-state index contributed by atoms with van der Waals surface area (Å²) in [6, 6.07) is 22.7. The number of hydrogen-bond donors (Lipinski definition) is 2. The minimum absolute atomic E-state index is 0.277. The third-order valence-corrected chi connectivity index (χ3v) is 5.98. The molecule has 168 valence electrons. The van der Waals surface area contributed by atoms with Gasteiger partial charge in [-0.05, 0) is 61.9 Å². The summed E-state index contributed by atoms with van der Waals surface area (Å²) >= 11 is 12.1. The van der Waals surface area contributed by atoms with Crippen LogP contribution in [0.5, 0.6) is 0 Å². The minimum Gasteiger partial charge on any atom is -0.322 e. The van der Waals surface area contributed by atoms with Crippen LogP contribution in [0.15, 0.2) is 72.8 Å². The van der Waals surface area contributed by atoms with Gasteiger partial charge in [-0.3, -0.25) is 4.79 Å². The lowest BCUT2D eigenvalue weighted by Crippen LogP contribution is -2.15. The molecular weight excluding hydrogens is 455 g/mol. The zero-order valence-corrected chi connectivity index (χ0v) is 19.9. The molecule has 0 radical (unpaired) electrons. The highest BCUT2D eigenvalue weighted by Gasteiger charge is 2.13. The molecule has 5 nitrogen and oxygen atoms in total. The summed E-state index contributed by atoms with van der Waals surface area (Å²) in [5.74, 6) is -0.277. The van der Waals surface area contributed by atoms with E-state index in [0.29, 0.717) is 34.4 Å². The molecule has 0 unspecified atom stereocenters. The molecule has 33 heavy (non-hydrogen) atoms. The normalized spacial score (nSPS) is 10.9. The van der Waals surface area contributed by atoms with Crippen molar-refractivity contribution in [3.8, 4) is 5.69 Å². The minimum atomic E-state index is -0.277. The first-order chi connectivity index (χ1) is 15.9. The smallest absolute Gasteiger partial charge is 0.257 e. The Balaban J connectivity index is 1.40. The highest BCUT2D eigenvalue weighted by Crippen LogP contribution is 2.23. The number of carbonyl (C=O) groups excluding carboxylic acids is 1. The Morgan fingerprint density at radius 3 is 2.48 bits per heavy atom. The molecule has 7 heteroatoms. The summed E-state index contributed by atoms with van der Waals surface area (Å²) in [7, 11) is 0. The molecular formula is C26H24Cl2N4O. The number of aromatic nitrogens is 2. The van der Waals surface area contributed by atoms with E-state index in [2.05, 4.69) is 17.6 Å². The summed E-state index contributed by atoms with van der Waals surface area (Å²) in [5.41, 5.74) is 6.49. The molecule has 0 bridgehead atoms. The quantitative estimate of drug-likeness (QED) is 0.325. The molecule has 0 saturated heterocycles. The SMILES string of the molecule is Cc1nn(-c2ccccc2)c(C)c1CNCc1cccc(NC(=O)c2ccc(Cl)cc2Cl)c1. The topological polar surface area (TPSA) is 59.0 Å². The number of hydrogen-bond acceptors (Lipinski definition) is 3. The second-order valence-corrected chi connectivity index (χ2v) is 8.62. The average molecular weight is 479 g/mol. The fourth-order valence-corrected chi connectivity index (χ4v) is 4.21. The fraction of sp³-hybridized carbons (Fsp3) is 0.154. The number of anilines is 1. The Morgan fingerprint density at radius 2 is 1.73 bits per heavy atom. The van der Waals surface area contributed by atoms with Crippen LogP contribution in [0.3, 0.4) is 0 Å². The van der Waals surface area contributed by atoms with Crippen molar-refractivity contribution in [2.45, 2.75) is 26.9 Å². The largest absolute Gasteiger partial charge is 0.322 e. The molecule has 0 aliphatic carbocycles. The predicted molar refractivity (Wildman–Crippen MR) is 134 cm³/mol. The van der Waals surface area contributed by atoms with Crippen LogP contribution in [0.2, 0.25) is 10.0 Å². The van der Waals surface area contributed by atoms with E-state index in [4.69, 9.17) is 28.3 Å². The molecule has 1 aromatic heterocycles. The van der Waals surface area contributed by atoms with Crippen molar-refractivity contribution in [2.75, 3.05) is 5.32 Å². The van der Waals surface area contributed by atoms with Gasteiger partial charge >= 0.3 is 0 Å². The van der Waals surface area contributed by atoms with Crippen LogP contribution >= 0.6 is 23.2 Å². The molecule has 3 aromatic carbocycles. The molecule has 0 aliphatic heterocycles. The summed E-state index contributed by atoms with van der Waals surface area (Å²) in [5, 5.41) is 11.9. The van der Waals surface area contributed by atoms with E-state index in [1.165, 1.54) is 5.56 Å². The lowest BCUT2D eigenvalue weighted by Gasteiger charge is -2.10. The number of nitrogens with zero attached hydrogens (tertiary/aromatic N) is 2. The highest BCUT2D eigenvalue weighted by atomic mass is 35.5. The Morgan fingerprint density at radius 1 is 0.939 bits per heavy atom. The van der Waals surface area contributed by atoms with E-state index in [-0.39, 0.29) is 5.91 Å². The van der Waals surface area contributed by atoms with Gasteiger partial charge in [-0.25, -0.2) is 4.68 Å². The molecule has 0 aliphatic rings. The summed E-state index contributed by atoms with van der Waals surface area (Å²) in [6.45, 7) is 5.46. The van der Waals surface area contributed by atoms with E-state index in [1.54, 1.807) is 18.2 Å². The Kier molecular flexibility index (Phi) is 7.14. The Labute approximate surface area is 203 Å². The van der Waals surface area contributed by atoms with E-state index in [1.807, 2.05) is 66.2 Å². The molecule has 2 N–H and O–H groups in total. The summed E-state index contributed by atoms with van der Waals surface area (Å²) in [6.07, 6.45) is 0. The van der Waals surface area contributed by atoms with Crippen LogP contribution in [0.4, 0.5) is 5.69 Å². The second-order valence-electron chi connectivity index (χ2n) is 7.78. The van der Waals surface area contributed by atoms with Crippen molar-refractivity contribution < 1.29 is 4.79 Å². The average Bonchev–Trinajstić information content (AvgIpc) is 3.08. The number of nitrogens with one attached hydrogen (secondary N) is 2. The number of halogens is 2. The van der Waals surface area contributed by atoms with Gasteiger partial charge in [0, 0.05) is 35.1 Å². The van der Waals surface area contributed by atoms with Gasteiger partial charge in [0.15, 0.2) is 0 Å². The fourth-order valence-electron chi connectivity index (χ4n) is 3.71. The van der Waals surface area contributed by atoms with Crippen molar-refractivity contribution in [3.63, 3.8) is 0 Å². The predicted octanol–water partition coefficient (Wildman–Crippen LogP) is 6.34. The van der Waals surface area contributed by atoms with Gasteiger partial charge in [-0.15, -0.1) is 0 Å². The van der Waals surface area contributed by atoms with Gasteiger partial charge in [0.2, 0.25) is 0 Å². The molecule has 4 aromatic rings. The van der Waals surface area contributed by atoms with Crippen LogP contribution in [-0.2, 0) is 13.1 Å². The lowest BCUT2D eigenvalue weighted by atomic mass is 10.1. The maximum absolute atomic E-state index is 12.6. The van der Waals surface area contributed by atoms with Gasteiger partial charge in [0.1, 0.15) is 0 Å². The molecule has 0 spiro atoms. The first kappa shape index (κ1) is 23.1. The number of amides is 1. The molecule has 0 saturated carbocycles. The maximum Gasteiger partial charge on any atom is 0.257 e. The summed E-state index contributed by atoms with van der Waals surface area (Å²) in [4.78, 5) is 12.6. The third kappa shape index (κ3) is 5.45. The van der Waals surface area contributed by atoms with Crippen molar-refractivity contribution in [1.29, 1.82) is 0 Å². The van der Waals surface area contributed by atoms with Crippen molar-refractivity contribution >= 4 is 34.8 Å². The number of para-hydroxylation sites is 1. The molecule has 4 rings (SSSR count).